The molecule has 0 radical (unpaired) electrons. The van der Waals surface area contributed by atoms with Gasteiger partial charge in [0.05, 0.1) is 5.69 Å². The monoisotopic (exact) mass is 378 g/mol. The van der Waals surface area contributed by atoms with Gasteiger partial charge in [0.1, 0.15) is 11.4 Å². The van der Waals surface area contributed by atoms with Crippen LogP contribution in [-0.2, 0) is 9.53 Å². The van der Waals surface area contributed by atoms with E-state index in [0.29, 0.717) is 16.6 Å². The number of carbonyl (C=O) groups excluding carboxylic acids is 1. The minimum atomic E-state index is -0.247. The van der Waals surface area contributed by atoms with E-state index < -0.39 is 0 Å². The van der Waals surface area contributed by atoms with E-state index in [1.165, 1.54) is 11.8 Å². The predicted octanol–water partition coefficient (Wildman–Crippen LogP) is 3.32. The highest BCUT2D eigenvalue weighted by molar-refractivity contribution is 8.00. The number of halogens is 1. The van der Waals surface area contributed by atoms with Gasteiger partial charge < -0.3 is 9.64 Å². The molecule has 2 aliphatic heterocycles. The summed E-state index contributed by atoms with van der Waals surface area (Å²) in [4.78, 5) is 14.3. The molecule has 2 aromatic rings. The van der Waals surface area contributed by atoms with Gasteiger partial charge in [-0.1, -0.05) is 29.4 Å². The number of aromatic nitrogens is 3. The molecule has 8 heteroatoms. The van der Waals surface area contributed by atoms with Crippen LogP contribution in [0.2, 0.25) is 5.02 Å². The van der Waals surface area contributed by atoms with Crippen LogP contribution in [0.15, 0.2) is 29.4 Å². The van der Waals surface area contributed by atoms with E-state index in [4.69, 9.17) is 16.3 Å². The van der Waals surface area contributed by atoms with Gasteiger partial charge in [-0.15, -0.1) is 10.2 Å². The third-order valence-corrected chi connectivity index (χ3v) is 5.83. The van der Waals surface area contributed by atoms with Crippen LogP contribution in [-0.4, -0.2) is 45.2 Å². The molecule has 2 unspecified atom stereocenters. The summed E-state index contributed by atoms with van der Waals surface area (Å²) in [7, 11) is 0. The third-order valence-electron chi connectivity index (χ3n) is 4.45. The maximum atomic E-state index is 12.0. The zero-order chi connectivity index (χ0) is 17.4. The predicted molar refractivity (Wildman–Crippen MR) is 97.6 cm³/mol. The first-order valence-electron chi connectivity index (χ1n) is 8.45. The zero-order valence-electron chi connectivity index (χ0n) is 13.9. The van der Waals surface area contributed by atoms with Gasteiger partial charge >= 0.3 is 5.97 Å². The van der Waals surface area contributed by atoms with Gasteiger partial charge in [-0.3, -0.25) is 9.36 Å². The van der Waals surface area contributed by atoms with Crippen LogP contribution >= 0.6 is 23.4 Å². The molecule has 1 aromatic heterocycles. The molecule has 2 atom stereocenters. The van der Waals surface area contributed by atoms with Crippen LogP contribution in [0, 0.1) is 0 Å². The molecule has 2 aliphatic rings. The smallest absolute Gasteiger partial charge is 0.319 e. The molecule has 0 N–H and O–H groups in total. The van der Waals surface area contributed by atoms with Crippen molar-refractivity contribution in [3.63, 3.8) is 0 Å². The zero-order valence-corrected chi connectivity index (χ0v) is 15.5. The minimum absolute atomic E-state index is 0.0504. The van der Waals surface area contributed by atoms with Crippen LogP contribution in [0.5, 0.6) is 0 Å². The van der Waals surface area contributed by atoms with Crippen molar-refractivity contribution in [1.82, 2.24) is 14.8 Å². The molecular formula is C17H19ClN4O2S. The largest absolute Gasteiger partial charge is 0.462 e. The topological polar surface area (TPSA) is 60.2 Å². The van der Waals surface area contributed by atoms with Gasteiger partial charge in [0.2, 0.25) is 5.95 Å². The van der Waals surface area contributed by atoms with Gasteiger partial charge in [-0.05, 0) is 38.0 Å². The van der Waals surface area contributed by atoms with Crippen LogP contribution < -0.4 is 4.90 Å². The van der Waals surface area contributed by atoms with Crippen LogP contribution in [0.4, 0.5) is 5.95 Å². The second-order valence-corrected chi connectivity index (χ2v) is 7.99. The Morgan fingerprint density at radius 3 is 2.76 bits per heavy atom. The Kier molecular flexibility index (Phi) is 4.60. The SMILES string of the molecule is CC1CC(Sc2nnc(N3CCCC3)n2-c2cccc(Cl)c2)C(=O)O1. The number of rotatable bonds is 4. The Bertz CT molecular complexity index is 791. The first-order chi connectivity index (χ1) is 12.1. The van der Waals surface area contributed by atoms with E-state index in [-0.39, 0.29) is 17.3 Å². The van der Waals surface area contributed by atoms with Gasteiger partial charge in [-0.25, -0.2) is 0 Å². The van der Waals surface area contributed by atoms with Crippen molar-refractivity contribution in [2.75, 3.05) is 18.0 Å². The number of anilines is 1. The molecule has 1 aromatic carbocycles. The summed E-state index contributed by atoms with van der Waals surface area (Å²) in [6.45, 7) is 3.84. The number of esters is 1. The molecule has 0 aliphatic carbocycles. The molecule has 0 spiro atoms. The lowest BCUT2D eigenvalue weighted by Crippen LogP contribution is -2.22. The lowest BCUT2D eigenvalue weighted by atomic mass is 10.3. The summed E-state index contributed by atoms with van der Waals surface area (Å²) in [5.74, 6) is 0.627. The molecule has 132 valence electrons. The van der Waals surface area contributed by atoms with Crippen molar-refractivity contribution in [2.24, 2.45) is 0 Å². The molecular weight excluding hydrogens is 360 g/mol. The highest BCUT2D eigenvalue weighted by Gasteiger charge is 2.35. The first-order valence-corrected chi connectivity index (χ1v) is 9.71. The maximum Gasteiger partial charge on any atom is 0.319 e. The second kappa shape index (κ2) is 6.88. The van der Waals surface area contributed by atoms with Crippen LogP contribution in [0.1, 0.15) is 26.2 Å². The Labute approximate surface area is 155 Å². The van der Waals surface area contributed by atoms with E-state index in [1.807, 2.05) is 35.8 Å². The van der Waals surface area contributed by atoms with E-state index in [0.717, 1.165) is 37.6 Å². The average Bonchev–Trinajstić information content (AvgIpc) is 3.28. The van der Waals surface area contributed by atoms with Crippen molar-refractivity contribution in [3.8, 4) is 5.69 Å². The van der Waals surface area contributed by atoms with E-state index in [9.17, 15) is 4.79 Å². The maximum absolute atomic E-state index is 12.0. The Hall–Kier alpha value is -1.73. The standard InChI is InChI=1S/C17H19ClN4O2S/c1-11-9-14(15(23)24-11)25-17-20-19-16(21-7-2-3-8-21)22(17)13-6-4-5-12(18)10-13/h4-6,10-11,14H,2-3,7-9H2,1H3. The van der Waals surface area contributed by atoms with Gasteiger partial charge in [0.15, 0.2) is 5.16 Å². The molecule has 3 heterocycles. The van der Waals surface area contributed by atoms with E-state index >= 15 is 0 Å². The molecule has 25 heavy (non-hydrogen) atoms. The number of hydrogen-bond donors (Lipinski definition) is 0. The van der Waals surface area contributed by atoms with Crippen molar-refractivity contribution in [1.29, 1.82) is 0 Å². The van der Waals surface area contributed by atoms with Crippen molar-refractivity contribution < 1.29 is 9.53 Å². The molecule has 0 saturated carbocycles. The van der Waals surface area contributed by atoms with Crippen LogP contribution in [0.25, 0.3) is 5.69 Å². The number of thioether (sulfide) groups is 1. The highest BCUT2D eigenvalue weighted by atomic mass is 35.5. The fourth-order valence-corrected chi connectivity index (χ4v) is 4.58. The van der Waals surface area contributed by atoms with Gasteiger partial charge in [0, 0.05) is 24.5 Å². The fourth-order valence-electron chi connectivity index (χ4n) is 3.25. The molecule has 2 fully saturated rings. The summed E-state index contributed by atoms with van der Waals surface area (Å²) in [5.41, 5.74) is 0.904. The van der Waals surface area contributed by atoms with Gasteiger partial charge in [-0.2, -0.15) is 0 Å². The van der Waals surface area contributed by atoms with Crippen molar-refractivity contribution in [2.45, 2.75) is 42.7 Å². The number of hydrogen-bond acceptors (Lipinski definition) is 6. The Morgan fingerprint density at radius 1 is 1.28 bits per heavy atom. The summed E-state index contributed by atoms with van der Waals surface area (Å²) in [6, 6.07) is 7.62. The lowest BCUT2D eigenvalue weighted by molar-refractivity contribution is -0.140. The number of ether oxygens (including phenoxy) is 1. The summed E-state index contributed by atoms with van der Waals surface area (Å²) in [5, 5.41) is 9.89. The number of benzene rings is 1. The second-order valence-electron chi connectivity index (χ2n) is 6.38. The number of nitrogens with zero attached hydrogens (tertiary/aromatic N) is 4. The summed E-state index contributed by atoms with van der Waals surface area (Å²) < 4.78 is 7.27. The van der Waals surface area contributed by atoms with Crippen molar-refractivity contribution in [3.05, 3.63) is 29.3 Å². The Balaban J connectivity index is 1.72. The molecule has 4 rings (SSSR count). The highest BCUT2D eigenvalue weighted by Crippen LogP contribution is 2.35. The number of cyclic esters (lactones) is 1. The first kappa shape index (κ1) is 16.7. The summed E-state index contributed by atoms with van der Waals surface area (Å²) in [6.07, 6.45) is 2.94. The number of carbonyl (C=O) groups is 1. The van der Waals surface area contributed by atoms with Gasteiger partial charge in [0.25, 0.3) is 0 Å². The quantitative estimate of drug-likeness (QED) is 0.760. The molecule has 0 bridgehead atoms. The molecule has 0 amide bonds. The van der Waals surface area contributed by atoms with E-state index in [2.05, 4.69) is 15.1 Å². The summed E-state index contributed by atoms with van der Waals surface area (Å²) >= 11 is 7.61. The van der Waals surface area contributed by atoms with Crippen LogP contribution in [0.3, 0.4) is 0 Å². The molecule has 2 saturated heterocycles. The minimum Gasteiger partial charge on any atom is -0.462 e. The third kappa shape index (κ3) is 3.35. The lowest BCUT2D eigenvalue weighted by Gasteiger charge is -2.18. The molecule has 6 nitrogen and oxygen atoms in total. The van der Waals surface area contributed by atoms with Crippen molar-refractivity contribution >= 4 is 35.3 Å². The Morgan fingerprint density at radius 2 is 2.08 bits per heavy atom. The average molecular weight is 379 g/mol. The normalized spacial score (nSPS) is 23.3. The van der Waals surface area contributed by atoms with E-state index in [1.54, 1.807) is 0 Å². The fraction of sp³-hybridized carbons (Fsp3) is 0.471.